The third-order valence-electron chi connectivity index (χ3n) is 2.32. The minimum Gasteiger partial charge on any atom is -0.359 e. The molecule has 0 saturated heterocycles. The first-order valence-electron chi connectivity index (χ1n) is 5.32. The van der Waals surface area contributed by atoms with Gasteiger partial charge in [-0.3, -0.25) is 4.79 Å². The lowest BCUT2D eigenvalue weighted by Gasteiger charge is -2.01. The first-order valence-corrected chi connectivity index (χ1v) is 6.11. The van der Waals surface area contributed by atoms with Crippen LogP contribution < -0.4 is 11.1 Å². The fraction of sp³-hybridized carbons (Fsp3) is 0.300. The van der Waals surface area contributed by atoms with Crippen molar-refractivity contribution in [1.82, 2.24) is 20.4 Å². The molecule has 0 bridgehead atoms. The fourth-order valence-electron chi connectivity index (χ4n) is 1.39. The lowest BCUT2D eigenvalue weighted by Crippen LogP contribution is -2.26. The molecule has 2 aromatic heterocycles. The molecular formula is C10H12BrN5O2. The van der Waals surface area contributed by atoms with E-state index in [1.807, 2.05) is 0 Å². The lowest BCUT2D eigenvalue weighted by molar-refractivity contribution is 0.0945. The third-order valence-corrected chi connectivity index (χ3v) is 3.00. The predicted molar refractivity (Wildman–Crippen MR) is 66.7 cm³/mol. The summed E-state index contributed by atoms with van der Waals surface area (Å²) in [7, 11) is 0. The van der Waals surface area contributed by atoms with Crippen LogP contribution in [-0.4, -0.2) is 27.6 Å². The average molecular weight is 314 g/mol. The van der Waals surface area contributed by atoms with E-state index in [1.54, 1.807) is 6.33 Å². The van der Waals surface area contributed by atoms with Crippen molar-refractivity contribution in [3.05, 3.63) is 34.1 Å². The molecule has 2 heterocycles. The van der Waals surface area contributed by atoms with Crippen LogP contribution in [0.2, 0.25) is 0 Å². The van der Waals surface area contributed by atoms with Gasteiger partial charge in [-0.2, -0.15) is 0 Å². The molecule has 0 atom stereocenters. The summed E-state index contributed by atoms with van der Waals surface area (Å²) < 4.78 is 5.60. The molecule has 0 aliphatic rings. The molecular weight excluding hydrogens is 302 g/mol. The van der Waals surface area contributed by atoms with Gasteiger partial charge < -0.3 is 20.6 Å². The Kier molecular flexibility index (Phi) is 4.11. The molecule has 0 unspecified atom stereocenters. The summed E-state index contributed by atoms with van der Waals surface area (Å²) in [5.74, 6) is 0.200. The van der Waals surface area contributed by atoms with E-state index in [4.69, 9.17) is 10.3 Å². The van der Waals surface area contributed by atoms with Crippen LogP contribution in [0.15, 0.2) is 21.5 Å². The van der Waals surface area contributed by atoms with Crippen molar-refractivity contribution in [3.63, 3.8) is 0 Å². The van der Waals surface area contributed by atoms with Crippen LogP contribution in [0, 0.1) is 0 Å². The van der Waals surface area contributed by atoms with E-state index < -0.39 is 0 Å². The zero-order valence-electron chi connectivity index (χ0n) is 9.44. The zero-order valence-corrected chi connectivity index (χ0v) is 11.0. The molecule has 2 rings (SSSR count). The van der Waals surface area contributed by atoms with Gasteiger partial charge in [0.05, 0.1) is 18.6 Å². The van der Waals surface area contributed by atoms with Crippen LogP contribution >= 0.6 is 15.9 Å². The number of carbonyl (C=O) groups is 1. The molecule has 0 aliphatic carbocycles. The molecule has 0 aromatic carbocycles. The summed E-state index contributed by atoms with van der Waals surface area (Å²) in [5.41, 5.74) is 6.53. The fourth-order valence-corrected chi connectivity index (χ4v) is 1.80. The van der Waals surface area contributed by atoms with E-state index in [-0.39, 0.29) is 18.1 Å². The molecule has 0 saturated carbocycles. The lowest BCUT2D eigenvalue weighted by atomic mass is 10.3. The van der Waals surface area contributed by atoms with E-state index in [0.717, 1.165) is 10.3 Å². The minimum atomic E-state index is -0.283. The number of nitrogens with two attached hydrogens (primary N) is 1. The Morgan fingerprint density at radius 2 is 2.44 bits per heavy atom. The van der Waals surface area contributed by atoms with Gasteiger partial charge in [0.1, 0.15) is 4.60 Å². The number of nitrogens with zero attached hydrogens (tertiary/aromatic N) is 2. The Bertz CT molecular complexity index is 536. The number of nitrogens with one attached hydrogen (secondary N) is 2. The molecule has 0 fully saturated rings. The molecule has 4 N–H and O–H groups in total. The number of halogens is 1. The maximum absolute atomic E-state index is 11.7. The number of hydrogen-bond acceptors (Lipinski definition) is 5. The molecule has 7 nitrogen and oxygen atoms in total. The maximum Gasteiger partial charge on any atom is 0.273 e. The molecule has 96 valence electrons. The van der Waals surface area contributed by atoms with Crippen molar-refractivity contribution in [1.29, 1.82) is 0 Å². The van der Waals surface area contributed by atoms with Gasteiger partial charge >= 0.3 is 0 Å². The van der Waals surface area contributed by atoms with Crippen LogP contribution in [0.4, 0.5) is 0 Å². The number of rotatable bonds is 5. The first kappa shape index (κ1) is 12.8. The highest BCUT2D eigenvalue weighted by Crippen LogP contribution is 2.10. The summed E-state index contributed by atoms with van der Waals surface area (Å²) in [4.78, 5) is 18.6. The van der Waals surface area contributed by atoms with Gasteiger partial charge in [-0.05, 0) is 15.9 Å². The average Bonchev–Trinajstić information content (AvgIpc) is 2.98. The largest absolute Gasteiger partial charge is 0.359 e. The molecule has 0 aliphatic heterocycles. The van der Waals surface area contributed by atoms with Gasteiger partial charge in [0.25, 0.3) is 5.91 Å². The quantitative estimate of drug-likeness (QED) is 0.748. The number of H-pyrrole nitrogens is 1. The first-order chi connectivity index (χ1) is 8.70. The molecule has 18 heavy (non-hydrogen) atoms. The van der Waals surface area contributed by atoms with Crippen molar-refractivity contribution in [3.8, 4) is 0 Å². The Hall–Kier alpha value is -1.67. The summed E-state index contributed by atoms with van der Waals surface area (Å²) >= 11 is 3.29. The number of carbonyl (C=O) groups excluding carboxylic acids is 1. The second kappa shape index (κ2) is 5.78. The van der Waals surface area contributed by atoms with Gasteiger partial charge in [0.2, 0.25) is 0 Å². The van der Waals surface area contributed by atoms with E-state index >= 15 is 0 Å². The molecule has 1 amide bonds. The standard InChI is InChI=1S/C10H12BrN5O2/c11-9-7(14-5-15-9)1-2-13-10(17)8-3-6(4-12)18-16-8/h3,5H,1-2,4,12H2,(H,13,17)(H,14,15). The number of aromatic nitrogens is 3. The summed E-state index contributed by atoms with van der Waals surface area (Å²) in [6, 6.07) is 1.53. The Morgan fingerprint density at radius 1 is 1.61 bits per heavy atom. The zero-order chi connectivity index (χ0) is 13.0. The third kappa shape index (κ3) is 2.96. The SMILES string of the molecule is NCc1cc(C(=O)NCCc2[nH]cnc2Br)no1. The molecule has 0 spiro atoms. The van der Waals surface area contributed by atoms with Gasteiger partial charge in [0.15, 0.2) is 11.5 Å². The van der Waals surface area contributed by atoms with Gasteiger partial charge in [0, 0.05) is 19.0 Å². The normalized spacial score (nSPS) is 10.6. The van der Waals surface area contributed by atoms with Gasteiger partial charge in [-0.25, -0.2) is 4.98 Å². The maximum atomic E-state index is 11.7. The van der Waals surface area contributed by atoms with E-state index in [2.05, 4.69) is 36.4 Å². The summed E-state index contributed by atoms with van der Waals surface area (Å²) in [6.45, 7) is 0.700. The molecule has 0 radical (unpaired) electrons. The highest BCUT2D eigenvalue weighted by atomic mass is 79.9. The monoisotopic (exact) mass is 313 g/mol. The Labute approximate surface area is 111 Å². The van der Waals surface area contributed by atoms with Crippen LogP contribution in [0.5, 0.6) is 0 Å². The second-order valence-corrected chi connectivity index (χ2v) is 4.31. The Morgan fingerprint density at radius 3 is 3.06 bits per heavy atom. The van der Waals surface area contributed by atoms with Crippen molar-refractivity contribution < 1.29 is 9.32 Å². The minimum absolute atomic E-state index is 0.224. The van der Waals surface area contributed by atoms with Crippen molar-refractivity contribution >= 4 is 21.8 Å². The van der Waals surface area contributed by atoms with Gasteiger partial charge in [-0.1, -0.05) is 5.16 Å². The Balaban J connectivity index is 1.83. The molecule has 8 heteroatoms. The van der Waals surface area contributed by atoms with E-state index in [1.165, 1.54) is 6.07 Å². The highest BCUT2D eigenvalue weighted by Gasteiger charge is 2.11. The van der Waals surface area contributed by atoms with Crippen LogP contribution in [-0.2, 0) is 13.0 Å². The van der Waals surface area contributed by atoms with Crippen molar-refractivity contribution in [2.75, 3.05) is 6.54 Å². The number of imidazole rings is 1. The summed E-state index contributed by atoms with van der Waals surface area (Å²) in [6.07, 6.45) is 2.24. The summed E-state index contributed by atoms with van der Waals surface area (Å²) in [5, 5.41) is 6.35. The predicted octanol–water partition coefficient (Wildman–Crippen LogP) is 0.591. The van der Waals surface area contributed by atoms with Crippen LogP contribution in [0.3, 0.4) is 0 Å². The molecule has 2 aromatic rings. The smallest absolute Gasteiger partial charge is 0.273 e. The second-order valence-electron chi connectivity index (χ2n) is 3.56. The van der Waals surface area contributed by atoms with Crippen LogP contribution in [0.1, 0.15) is 21.9 Å². The van der Waals surface area contributed by atoms with Crippen molar-refractivity contribution in [2.45, 2.75) is 13.0 Å². The number of amides is 1. The van der Waals surface area contributed by atoms with Gasteiger partial charge in [-0.15, -0.1) is 0 Å². The van der Waals surface area contributed by atoms with E-state index in [0.29, 0.717) is 18.7 Å². The topological polar surface area (TPSA) is 110 Å². The number of aromatic amines is 1. The van der Waals surface area contributed by atoms with Crippen LogP contribution in [0.25, 0.3) is 0 Å². The highest BCUT2D eigenvalue weighted by molar-refractivity contribution is 9.10. The van der Waals surface area contributed by atoms with E-state index in [9.17, 15) is 4.79 Å². The number of hydrogen-bond donors (Lipinski definition) is 3. The van der Waals surface area contributed by atoms with Crippen molar-refractivity contribution in [2.24, 2.45) is 5.73 Å².